The summed E-state index contributed by atoms with van der Waals surface area (Å²) in [4.78, 5) is 50.8. The van der Waals surface area contributed by atoms with Crippen LogP contribution in [0.5, 0.6) is 0 Å². The Hall–Kier alpha value is 2.42. The van der Waals surface area contributed by atoms with Crippen molar-refractivity contribution in [2.24, 2.45) is 0 Å². The second-order valence-corrected chi connectivity index (χ2v) is 8.53. The molecular formula is C2H8Na2O10P4+2. The van der Waals surface area contributed by atoms with Crippen LogP contribution in [0.1, 0.15) is 0 Å². The molecule has 0 rings (SSSR count). The standard InChI is InChI=1S/CH6O6P2.CH2O4P2.2Na/c2-8(3,4)1-9(5,6)7;2-6(3)1-7(4)5;;/h1H2,(H2,2,3,4)(H2,5,6,7);1H2;;/q;;2*+1. The van der Waals surface area contributed by atoms with Crippen molar-refractivity contribution in [3.8, 4) is 0 Å². The Morgan fingerprint density at radius 2 is 1.06 bits per heavy atom. The van der Waals surface area contributed by atoms with Gasteiger partial charge in [0, 0.05) is 0 Å². The van der Waals surface area contributed by atoms with Gasteiger partial charge < -0.3 is 29.4 Å². The predicted octanol–water partition coefficient (Wildman–Crippen LogP) is -7.54. The Kier molecular flexibility index (Phi) is 20.8. The molecule has 96 valence electrons. The van der Waals surface area contributed by atoms with Crippen molar-refractivity contribution >= 4 is 31.2 Å². The first kappa shape index (κ1) is 28.6. The Morgan fingerprint density at radius 1 is 0.833 bits per heavy atom. The van der Waals surface area contributed by atoms with Crippen LogP contribution >= 0.6 is 31.2 Å². The van der Waals surface area contributed by atoms with Gasteiger partial charge in [0.1, 0.15) is 0 Å². The molecule has 0 aliphatic rings. The summed E-state index contributed by atoms with van der Waals surface area (Å²) in [5.74, 6) is -2.11. The molecule has 2 atom stereocenters. The van der Waals surface area contributed by atoms with E-state index in [4.69, 9.17) is 19.6 Å². The maximum Gasteiger partial charge on any atom is 1.00 e. The Morgan fingerprint density at radius 3 is 1.06 bits per heavy atom. The topological polar surface area (TPSA) is 195 Å². The minimum absolute atomic E-state index is 0. The molecule has 4 N–H and O–H groups in total. The minimum atomic E-state index is -4.55. The van der Waals surface area contributed by atoms with Crippen molar-refractivity contribution in [1.82, 2.24) is 0 Å². The third kappa shape index (κ3) is 36.2. The third-order valence-electron chi connectivity index (χ3n) is 0.599. The van der Waals surface area contributed by atoms with Crippen LogP contribution in [0.15, 0.2) is 0 Å². The zero-order valence-electron chi connectivity index (χ0n) is 9.44. The predicted molar refractivity (Wildman–Crippen MR) is 49.0 cm³/mol. The van der Waals surface area contributed by atoms with Gasteiger partial charge in [-0.2, -0.15) is 0 Å². The van der Waals surface area contributed by atoms with Crippen molar-refractivity contribution in [2.45, 2.75) is 0 Å². The maximum atomic E-state index is 9.85. The summed E-state index contributed by atoms with van der Waals surface area (Å²) in [5, 5.41) is 0. The molecule has 10 nitrogen and oxygen atoms in total. The van der Waals surface area contributed by atoms with E-state index in [2.05, 4.69) is 0 Å². The van der Waals surface area contributed by atoms with Crippen molar-refractivity contribution in [2.75, 3.05) is 11.8 Å². The van der Waals surface area contributed by atoms with Gasteiger partial charge in [0.15, 0.2) is 5.90 Å². The molecule has 2 unspecified atom stereocenters. The summed E-state index contributed by atoms with van der Waals surface area (Å²) < 4.78 is 38.6. The Balaban J connectivity index is -0.000000100. The zero-order chi connectivity index (χ0) is 13.6. The van der Waals surface area contributed by atoms with E-state index in [0.29, 0.717) is 0 Å². The van der Waals surface area contributed by atoms with Gasteiger partial charge in [0.05, 0.1) is 0 Å². The molecule has 0 amide bonds. The van der Waals surface area contributed by atoms with E-state index < -0.39 is 43.1 Å². The first-order chi connectivity index (χ1) is 6.83. The van der Waals surface area contributed by atoms with Crippen molar-refractivity contribution in [3.05, 3.63) is 0 Å². The normalized spacial score (nSPS) is 12.1. The number of hydrogen-bond acceptors (Lipinski definition) is 6. The summed E-state index contributed by atoms with van der Waals surface area (Å²) in [6.45, 7) is 0. The Bertz CT molecular complexity index is 312. The van der Waals surface area contributed by atoms with E-state index in [0.717, 1.165) is 0 Å². The molecule has 0 saturated heterocycles. The molecule has 0 aromatic carbocycles. The SMILES string of the molecule is O=P(O)(O)CP(=O)(O)O.O=[P+]([O-])C[P+](=O)[O-].[Na+].[Na+]. The van der Waals surface area contributed by atoms with Gasteiger partial charge in [0.25, 0.3) is 0 Å². The molecule has 0 radical (unpaired) electrons. The molecule has 16 heteroatoms. The van der Waals surface area contributed by atoms with E-state index in [1.165, 1.54) is 0 Å². The smallest absolute Gasteiger partial charge is 0.592 e. The quantitative estimate of drug-likeness (QED) is 0.275. The van der Waals surface area contributed by atoms with Crippen LogP contribution in [0.25, 0.3) is 0 Å². The Labute approximate surface area is 148 Å². The van der Waals surface area contributed by atoms with Crippen molar-refractivity contribution in [3.63, 3.8) is 0 Å². The van der Waals surface area contributed by atoms with Gasteiger partial charge in [-0.15, -0.1) is 0 Å². The third-order valence-corrected chi connectivity index (χ3v) is 5.39. The van der Waals surface area contributed by atoms with Crippen LogP contribution in [0.2, 0.25) is 0 Å². The molecule has 0 aromatic rings. The molecular weight excluding hydrogens is 354 g/mol. The molecule has 18 heavy (non-hydrogen) atoms. The monoisotopic (exact) mass is 362 g/mol. The van der Waals surface area contributed by atoms with Gasteiger partial charge in [0.2, 0.25) is 0 Å². The average Bonchev–Trinajstić information content (AvgIpc) is 1.72. The van der Waals surface area contributed by atoms with Gasteiger partial charge in [-0.05, 0) is 0 Å². The summed E-state index contributed by atoms with van der Waals surface area (Å²) in [6, 6.07) is 0. The molecule has 0 bridgehead atoms. The van der Waals surface area contributed by atoms with E-state index in [1.54, 1.807) is 0 Å². The second kappa shape index (κ2) is 13.1. The van der Waals surface area contributed by atoms with E-state index in [1.807, 2.05) is 0 Å². The number of rotatable bonds is 4. The molecule has 0 fully saturated rings. The summed E-state index contributed by atoms with van der Waals surface area (Å²) in [5.41, 5.74) is 0. The number of hydrogen-bond donors (Lipinski definition) is 4. The van der Waals surface area contributed by atoms with Gasteiger partial charge in [-0.1, -0.05) is 9.13 Å². The molecule has 0 aliphatic heterocycles. The van der Waals surface area contributed by atoms with Gasteiger partial charge in [-0.3, -0.25) is 9.13 Å². The second-order valence-electron chi connectivity index (χ2n) is 2.28. The summed E-state index contributed by atoms with van der Waals surface area (Å²) in [7, 11) is -14.6. The van der Waals surface area contributed by atoms with Gasteiger partial charge >= 0.3 is 96.3 Å². The fraction of sp³-hybridized carbons (Fsp3) is 1.00. The van der Waals surface area contributed by atoms with Crippen LogP contribution < -0.4 is 68.9 Å². The fourth-order valence-electron chi connectivity index (χ4n) is 0.334. The van der Waals surface area contributed by atoms with Crippen molar-refractivity contribution < 1.29 is 107 Å². The zero-order valence-corrected chi connectivity index (χ0v) is 17.0. The van der Waals surface area contributed by atoms with E-state index in [-0.39, 0.29) is 59.1 Å². The summed E-state index contributed by atoms with van der Waals surface area (Å²) in [6.07, 6.45) is 0. The van der Waals surface area contributed by atoms with Crippen LogP contribution in [0, 0.1) is 0 Å². The van der Waals surface area contributed by atoms with E-state index in [9.17, 15) is 28.0 Å². The fourth-order valence-corrected chi connectivity index (χ4v) is 3.01. The van der Waals surface area contributed by atoms with Crippen LogP contribution in [-0.4, -0.2) is 31.4 Å². The van der Waals surface area contributed by atoms with Crippen molar-refractivity contribution in [1.29, 1.82) is 0 Å². The van der Waals surface area contributed by atoms with Crippen LogP contribution in [0.3, 0.4) is 0 Å². The molecule has 0 heterocycles. The molecule has 0 spiro atoms. The summed E-state index contributed by atoms with van der Waals surface area (Å²) >= 11 is 0. The first-order valence-electron chi connectivity index (χ1n) is 3.16. The average molecular weight is 362 g/mol. The van der Waals surface area contributed by atoms with E-state index >= 15 is 0 Å². The minimum Gasteiger partial charge on any atom is -0.592 e. The van der Waals surface area contributed by atoms with Crippen LogP contribution in [-0.2, 0) is 18.3 Å². The van der Waals surface area contributed by atoms with Gasteiger partial charge in [-0.25, -0.2) is 0 Å². The molecule has 0 aromatic heterocycles. The molecule has 0 saturated carbocycles. The largest absolute Gasteiger partial charge is 1.00 e. The maximum absolute atomic E-state index is 9.85. The van der Waals surface area contributed by atoms with Crippen LogP contribution in [0.4, 0.5) is 0 Å². The molecule has 0 aliphatic carbocycles. The first-order valence-corrected chi connectivity index (χ1v) is 9.48.